The summed E-state index contributed by atoms with van der Waals surface area (Å²) in [5.74, 6) is 3.88. The van der Waals surface area contributed by atoms with Gasteiger partial charge in [-0.25, -0.2) is 4.79 Å². The van der Waals surface area contributed by atoms with Crippen molar-refractivity contribution in [3.63, 3.8) is 0 Å². The fourth-order valence-electron chi connectivity index (χ4n) is 4.00. The Kier molecular flexibility index (Phi) is 16.8. The number of carbonyl (C=O) groups excluding carboxylic acids is 5. The van der Waals surface area contributed by atoms with Crippen molar-refractivity contribution in [3.05, 3.63) is 63.2 Å². The van der Waals surface area contributed by atoms with Crippen LogP contribution >= 0.6 is 34.6 Å². The van der Waals surface area contributed by atoms with Gasteiger partial charge in [-0.15, -0.1) is 9.32 Å². The molecule has 0 heterocycles. The zero-order chi connectivity index (χ0) is 31.6. The standard InChI is InChI=1S/C29H38IN5O7S/c1-19(36)25(8-3-4-16-33-28(39)22-6-5-7-23(30)18-22)34-29(40)35-26(20(2)37)13-14-27(38)32-17-15-21-9-11-24(12-10-21)43-42-41-31/h5-7,9-12,18,25-26H,3-4,8,13-17,31H2,1-2H3,(H,32,38)(H,33,39)(H2,34,35,40)/t25-,26-/m0/s1. The van der Waals surface area contributed by atoms with Crippen LogP contribution in [0.15, 0.2) is 53.4 Å². The number of amides is 4. The number of nitrogens with one attached hydrogen (secondary N) is 4. The molecule has 234 valence electrons. The fraction of sp³-hybridized carbons (Fsp3) is 0.414. The molecule has 0 radical (unpaired) electrons. The summed E-state index contributed by atoms with van der Waals surface area (Å²) in [7, 11) is 0. The topological polar surface area (TPSA) is 178 Å². The van der Waals surface area contributed by atoms with Gasteiger partial charge in [-0.05, 0) is 104 Å². The van der Waals surface area contributed by atoms with Gasteiger partial charge in [0, 0.05) is 33.5 Å². The van der Waals surface area contributed by atoms with Gasteiger partial charge in [-0.2, -0.15) is 5.90 Å². The molecule has 14 heteroatoms. The van der Waals surface area contributed by atoms with Gasteiger partial charge in [-0.3, -0.25) is 19.2 Å². The van der Waals surface area contributed by atoms with Crippen molar-refractivity contribution in [2.75, 3.05) is 13.1 Å². The predicted molar refractivity (Wildman–Crippen MR) is 171 cm³/mol. The molecule has 0 saturated heterocycles. The van der Waals surface area contributed by atoms with E-state index in [0.29, 0.717) is 44.3 Å². The van der Waals surface area contributed by atoms with Gasteiger partial charge in [0.2, 0.25) is 5.91 Å². The van der Waals surface area contributed by atoms with Crippen molar-refractivity contribution in [2.45, 2.75) is 69.4 Å². The van der Waals surface area contributed by atoms with E-state index in [1.165, 1.54) is 13.8 Å². The lowest BCUT2D eigenvalue weighted by Gasteiger charge is -2.20. The number of Topliss-reactive ketones (excluding diaryl/α,β-unsaturated/α-hetero) is 2. The summed E-state index contributed by atoms with van der Waals surface area (Å²) in [6.07, 6.45) is 2.36. The second kappa shape index (κ2) is 20.0. The van der Waals surface area contributed by atoms with Crippen molar-refractivity contribution in [2.24, 2.45) is 5.90 Å². The number of carbonyl (C=O) groups is 5. The number of rotatable bonds is 19. The number of hydrogen-bond acceptors (Lipinski definition) is 9. The van der Waals surface area contributed by atoms with E-state index in [-0.39, 0.29) is 36.2 Å². The summed E-state index contributed by atoms with van der Waals surface area (Å²) >= 11 is 3.12. The maximum atomic E-state index is 12.6. The molecule has 0 spiro atoms. The second-order valence-corrected chi connectivity index (χ2v) is 11.8. The highest BCUT2D eigenvalue weighted by molar-refractivity contribution is 14.1. The average Bonchev–Trinajstić information content (AvgIpc) is 2.97. The Labute approximate surface area is 269 Å². The quantitative estimate of drug-likeness (QED) is 0.0478. The Morgan fingerprint density at radius 1 is 0.884 bits per heavy atom. The van der Waals surface area contributed by atoms with E-state index in [2.05, 4.69) is 53.2 Å². The Hall–Kier alpha value is -3.05. The van der Waals surface area contributed by atoms with E-state index < -0.39 is 18.1 Å². The summed E-state index contributed by atoms with van der Waals surface area (Å²) in [5, 5.41) is 10.9. The van der Waals surface area contributed by atoms with Crippen LogP contribution in [0.5, 0.6) is 0 Å². The van der Waals surface area contributed by atoms with Crippen molar-refractivity contribution < 1.29 is 33.3 Å². The van der Waals surface area contributed by atoms with E-state index in [4.69, 9.17) is 5.90 Å². The number of ketones is 2. The normalized spacial score (nSPS) is 12.1. The van der Waals surface area contributed by atoms with E-state index in [9.17, 15) is 24.0 Å². The molecule has 4 amide bonds. The zero-order valence-corrected chi connectivity index (χ0v) is 27.1. The number of halogens is 1. The predicted octanol–water partition coefficient (Wildman–Crippen LogP) is 3.37. The van der Waals surface area contributed by atoms with Crippen LogP contribution in [0.1, 0.15) is 61.9 Å². The molecule has 0 aromatic heterocycles. The fourth-order valence-corrected chi connectivity index (χ4v) is 4.91. The molecule has 0 aliphatic rings. The highest BCUT2D eigenvalue weighted by atomic mass is 127. The van der Waals surface area contributed by atoms with Crippen molar-refractivity contribution in [3.8, 4) is 0 Å². The summed E-state index contributed by atoms with van der Waals surface area (Å²) in [6, 6.07) is 12.4. The highest BCUT2D eigenvalue weighted by Crippen LogP contribution is 2.19. The highest BCUT2D eigenvalue weighted by Gasteiger charge is 2.22. The van der Waals surface area contributed by atoms with Crippen LogP contribution in [0.2, 0.25) is 0 Å². The molecule has 2 rings (SSSR count). The molecule has 0 aliphatic carbocycles. The lowest BCUT2D eigenvalue weighted by molar-refractivity contribution is -0.195. The van der Waals surface area contributed by atoms with E-state index >= 15 is 0 Å². The third-order valence-corrected chi connectivity index (χ3v) is 7.66. The first-order valence-electron chi connectivity index (χ1n) is 13.8. The molecule has 0 fully saturated rings. The number of benzene rings is 2. The molecule has 12 nitrogen and oxygen atoms in total. The van der Waals surface area contributed by atoms with Crippen molar-refractivity contribution >= 4 is 64.0 Å². The van der Waals surface area contributed by atoms with Gasteiger partial charge in [0.25, 0.3) is 5.91 Å². The molecule has 2 atom stereocenters. The Bertz CT molecular complexity index is 1230. The SMILES string of the molecule is CC(=O)[C@H](CCCCNC(=O)c1cccc(I)c1)NC(=O)N[C@@H](CCC(=O)NCCc1ccc(SOON)cc1)C(C)=O. The lowest BCUT2D eigenvalue weighted by atomic mass is 10.1. The van der Waals surface area contributed by atoms with Crippen molar-refractivity contribution in [1.29, 1.82) is 0 Å². The Morgan fingerprint density at radius 2 is 1.56 bits per heavy atom. The Morgan fingerprint density at radius 3 is 2.19 bits per heavy atom. The maximum absolute atomic E-state index is 12.6. The number of urea groups is 1. The Balaban J connectivity index is 1.69. The first-order valence-corrected chi connectivity index (χ1v) is 15.6. The van der Waals surface area contributed by atoms with Gasteiger partial charge in [0.15, 0.2) is 11.6 Å². The molecule has 0 aliphatic heterocycles. The van der Waals surface area contributed by atoms with Crippen LogP contribution in [0.25, 0.3) is 0 Å². The number of hydrogen-bond donors (Lipinski definition) is 5. The monoisotopic (exact) mass is 727 g/mol. The van der Waals surface area contributed by atoms with Crippen LogP contribution in [0, 0.1) is 3.57 Å². The average molecular weight is 728 g/mol. The van der Waals surface area contributed by atoms with E-state index in [1.54, 1.807) is 12.1 Å². The van der Waals surface area contributed by atoms with E-state index in [1.807, 2.05) is 36.4 Å². The minimum absolute atomic E-state index is 0.0422. The lowest BCUT2D eigenvalue weighted by Crippen LogP contribution is -2.50. The third kappa shape index (κ3) is 14.8. The number of nitrogens with two attached hydrogens (primary N) is 1. The molecule has 0 unspecified atom stereocenters. The molecule has 0 bridgehead atoms. The minimum Gasteiger partial charge on any atom is -0.356 e. The van der Waals surface area contributed by atoms with E-state index in [0.717, 1.165) is 26.1 Å². The third-order valence-electron chi connectivity index (χ3n) is 6.37. The smallest absolute Gasteiger partial charge is 0.315 e. The van der Waals surface area contributed by atoms with Crippen LogP contribution in [0.4, 0.5) is 4.79 Å². The maximum Gasteiger partial charge on any atom is 0.315 e. The van der Waals surface area contributed by atoms with Gasteiger partial charge in [0.05, 0.1) is 24.1 Å². The molecular weight excluding hydrogens is 689 g/mol. The molecule has 6 N–H and O–H groups in total. The van der Waals surface area contributed by atoms with Crippen LogP contribution in [-0.4, -0.2) is 54.6 Å². The first-order chi connectivity index (χ1) is 20.6. The van der Waals surface area contributed by atoms with Crippen LogP contribution in [-0.2, 0) is 30.1 Å². The molecule has 43 heavy (non-hydrogen) atoms. The number of unbranched alkanes of at least 4 members (excludes halogenated alkanes) is 1. The molecule has 2 aromatic rings. The van der Waals surface area contributed by atoms with Crippen LogP contribution < -0.4 is 27.2 Å². The first kappa shape index (κ1) is 36.1. The summed E-state index contributed by atoms with van der Waals surface area (Å²) in [5.41, 5.74) is 1.58. The van der Waals surface area contributed by atoms with Gasteiger partial charge < -0.3 is 21.3 Å². The van der Waals surface area contributed by atoms with Crippen molar-refractivity contribution in [1.82, 2.24) is 21.3 Å². The van der Waals surface area contributed by atoms with Gasteiger partial charge >= 0.3 is 6.03 Å². The molecular formula is C29H38IN5O7S. The minimum atomic E-state index is -0.876. The molecule has 0 saturated carbocycles. The van der Waals surface area contributed by atoms with Gasteiger partial charge in [-0.1, -0.05) is 18.2 Å². The molecule has 2 aromatic carbocycles. The van der Waals surface area contributed by atoms with Crippen LogP contribution in [0.3, 0.4) is 0 Å². The summed E-state index contributed by atoms with van der Waals surface area (Å²) < 4.78 is 5.56. The second-order valence-electron chi connectivity index (χ2n) is 9.74. The van der Waals surface area contributed by atoms with Gasteiger partial charge in [0.1, 0.15) is 0 Å². The summed E-state index contributed by atoms with van der Waals surface area (Å²) in [6.45, 7) is 3.56. The summed E-state index contributed by atoms with van der Waals surface area (Å²) in [4.78, 5) is 66.3. The largest absolute Gasteiger partial charge is 0.356 e. The zero-order valence-electron chi connectivity index (χ0n) is 24.2.